The minimum absolute atomic E-state index is 0.109. The molecule has 0 radical (unpaired) electrons. The Morgan fingerprint density at radius 1 is 0.605 bits per heavy atom. The lowest BCUT2D eigenvalue weighted by Gasteiger charge is -2.05. The monoisotopic (exact) mass is 508 g/mol. The second kappa shape index (κ2) is 13.7. The predicted octanol–water partition coefficient (Wildman–Crippen LogP) is 3.49. The van der Waals surface area contributed by atoms with Crippen LogP contribution >= 0.6 is 0 Å². The minimum atomic E-state index is -0.955. The van der Waals surface area contributed by atoms with E-state index in [0.717, 1.165) is 0 Å². The first-order chi connectivity index (χ1) is 18.4. The summed E-state index contributed by atoms with van der Waals surface area (Å²) in [7, 11) is 0. The van der Waals surface area contributed by atoms with Gasteiger partial charge in [0.25, 0.3) is 0 Å². The van der Waals surface area contributed by atoms with Crippen molar-refractivity contribution >= 4 is 35.1 Å². The molecular formula is C30H24N2O6. The van der Waals surface area contributed by atoms with Crippen LogP contribution in [0.25, 0.3) is 0 Å². The van der Waals surface area contributed by atoms with Crippen molar-refractivity contribution < 1.29 is 28.7 Å². The van der Waals surface area contributed by atoms with E-state index in [4.69, 9.17) is 9.47 Å². The van der Waals surface area contributed by atoms with E-state index in [2.05, 4.69) is 34.3 Å². The first kappa shape index (κ1) is 27.3. The number of esters is 2. The Morgan fingerprint density at radius 3 is 1.42 bits per heavy atom. The first-order valence-electron chi connectivity index (χ1n) is 11.7. The first-order valence-corrected chi connectivity index (χ1v) is 11.7. The van der Waals surface area contributed by atoms with Gasteiger partial charge in [-0.25, -0.2) is 9.59 Å². The Balaban J connectivity index is 1.77. The van der Waals surface area contributed by atoms with E-state index in [0.29, 0.717) is 33.6 Å². The Bertz CT molecular complexity index is 1370. The van der Waals surface area contributed by atoms with Crippen LogP contribution in [0.15, 0.2) is 72.8 Å². The fourth-order valence-electron chi connectivity index (χ4n) is 3.09. The van der Waals surface area contributed by atoms with Gasteiger partial charge in [-0.2, -0.15) is 0 Å². The van der Waals surface area contributed by atoms with Crippen LogP contribution in [0.4, 0.5) is 11.4 Å². The topological polar surface area (TPSA) is 111 Å². The molecule has 0 aliphatic heterocycles. The molecule has 3 rings (SSSR count). The quantitative estimate of drug-likeness (QED) is 0.317. The summed E-state index contributed by atoms with van der Waals surface area (Å²) in [6, 6.07) is 20.9. The van der Waals surface area contributed by atoms with E-state index in [-0.39, 0.29) is 13.2 Å². The maximum absolute atomic E-state index is 11.9. The van der Waals surface area contributed by atoms with Crippen LogP contribution in [0, 0.1) is 23.7 Å². The van der Waals surface area contributed by atoms with Gasteiger partial charge in [-0.3, -0.25) is 9.59 Å². The third kappa shape index (κ3) is 8.11. The molecule has 0 aromatic heterocycles. The summed E-state index contributed by atoms with van der Waals surface area (Å²) in [6.07, 6.45) is 0. The molecule has 0 atom stereocenters. The molecule has 3 aromatic rings. The molecule has 2 amide bonds. The molecule has 8 heteroatoms. The van der Waals surface area contributed by atoms with Crippen LogP contribution in [0.1, 0.15) is 36.1 Å². The van der Waals surface area contributed by atoms with Crippen LogP contribution in [0.3, 0.4) is 0 Å². The second-order valence-corrected chi connectivity index (χ2v) is 7.56. The SMILES string of the molecule is CCOC(=O)C(=O)Nc1cccc(C#Cc2ccccc2C#Cc2cccc(NC(=O)C(=O)OCC)c2)c1. The number of carbonyl (C=O) groups excluding carboxylic acids is 4. The summed E-state index contributed by atoms with van der Waals surface area (Å²) in [5.41, 5.74) is 3.45. The average Bonchev–Trinajstić information content (AvgIpc) is 2.92. The van der Waals surface area contributed by atoms with Gasteiger partial charge < -0.3 is 20.1 Å². The van der Waals surface area contributed by atoms with Crippen molar-refractivity contribution in [2.24, 2.45) is 0 Å². The molecule has 8 nitrogen and oxygen atoms in total. The number of nitrogens with one attached hydrogen (secondary N) is 2. The third-order valence-electron chi connectivity index (χ3n) is 4.77. The van der Waals surface area contributed by atoms with Gasteiger partial charge in [0.15, 0.2) is 0 Å². The fourth-order valence-corrected chi connectivity index (χ4v) is 3.09. The molecular weight excluding hydrogens is 484 g/mol. The number of hydrogen-bond acceptors (Lipinski definition) is 6. The van der Waals surface area contributed by atoms with E-state index >= 15 is 0 Å². The van der Waals surface area contributed by atoms with Crippen molar-refractivity contribution in [1.29, 1.82) is 0 Å². The number of rotatable bonds is 4. The molecule has 190 valence electrons. The van der Waals surface area contributed by atoms with Gasteiger partial charge in [0.05, 0.1) is 13.2 Å². The molecule has 3 aromatic carbocycles. The lowest BCUT2D eigenvalue weighted by Crippen LogP contribution is -2.24. The van der Waals surface area contributed by atoms with Gasteiger partial charge in [-0.1, -0.05) is 47.9 Å². The lowest BCUT2D eigenvalue weighted by molar-refractivity contribution is -0.152. The zero-order chi connectivity index (χ0) is 27.3. The highest BCUT2D eigenvalue weighted by atomic mass is 16.5. The standard InChI is InChI=1S/C30H24N2O6/c1-3-37-29(35)27(33)31-25-13-7-9-21(19-25)15-17-23-11-5-6-12-24(23)18-16-22-10-8-14-26(20-22)32-28(34)30(36)38-4-2/h5-14,19-20H,3-4H2,1-2H3,(H,31,33)(H,32,34). The Morgan fingerprint density at radius 2 is 1.03 bits per heavy atom. The minimum Gasteiger partial charge on any atom is -0.459 e. The van der Waals surface area contributed by atoms with Crippen molar-refractivity contribution in [2.75, 3.05) is 23.8 Å². The van der Waals surface area contributed by atoms with Crippen LogP contribution in [0.5, 0.6) is 0 Å². The number of hydrogen-bond donors (Lipinski definition) is 2. The highest BCUT2D eigenvalue weighted by molar-refractivity contribution is 6.37. The van der Waals surface area contributed by atoms with Crippen LogP contribution in [-0.2, 0) is 28.7 Å². The zero-order valence-corrected chi connectivity index (χ0v) is 20.8. The van der Waals surface area contributed by atoms with Crippen molar-refractivity contribution in [3.63, 3.8) is 0 Å². The number of benzene rings is 3. The van der Waals surface area contributed by atoms with Gasteiger partial charge in [-0.15, -0.1) is 0 Å². The molecule has 2 N–H and O–H groups in total. The summed E-state index contributed by atoms with van der Waals surface area (Å²) < 4.78 is 9.38. The molecule has 0 aliphatic rings. The molecule has 0 aliphatic carbocycles. The molecule has 38 heavy (non-hydrogen) atoms. The normalized spacial score (nSPS) is 9.53. The molecule has 0 bridgehead atoms. The van der Waals surface area contributed by atoms with Gasteiger partial charge in [0.1, 0.15) is 0 Å². The maximum Gasteiger partial charge on any atom is 0.397 e. The Hall–Kier alpha value is -5.34. The number of anilines is 2. The predicted molar refractivity (Wildman–Crippen MR) is 142 cm³/mol. The number of amides is 2. The van der Waals surface area contributed by atoms with Gasteiger partial charge in [0.2, 0.25) is 0 Å². The Labute approximate surface area is 220 Å². The lowest BCUT2D eigenvalue weighted by atomic mass is 10.1. The molecule has 0 spiro atoms. The molecule has 0 saturated heterocycles. The fraction of sp³-hybridized carbons (Fsp3) is 0.133. The second-order valence-electron chi connectivity index (χ2n) is 7.56. The van der Waals surface area contributed by atoms with Crippen molar-refractivity contribution in [3.05, 3.63) is 95.1 Å². The van der Waals surface area contributed by atoms with Crippen LogP contribution in [0.2, 0.25) is 0 Å². The number of ether oxygens (including phenoxy) is 2. The smallest absolute Gasteiger partial charge is 0.397 e. The van der Waals surface area contributed by atoms with Crippen molar-refractivity contribution in [3.8, 4) is 23.7 Å². The zero-order valence-electron chi connectivity index (χ0n) is 20.8. The van der Waals surface area contributed by atoms with Gasteiger partial charge in [0, 0.05) is 33.6 Å². The Kier molecular flexibility index (Phi) is 9.80. The van der Waals surface area contributed by atoms with E-state index in [1.807, 2.05) is 24.3 Å². The van der Waals surface area contributed by atoms with Crippen molar-refractivity contribution in [2.45, 2.75) is 13.8 Å². The van der Waals surface area contributed by atoms with E-state index in [1.54, 1.807) is 62.4 Å². The molecule has 0 unspecified atom stereocenters. The summed E-state index contributed by atoms with van der Waals surface area (Å²) in [4.78, 5) is 46.9. The van der Waals surface area contributed by atoms with Gasteiger partial charge in [-0.05, 0) is 62.4 Å². The maximum atomic E-state index is 11.9. The number of carbonyl (C=O) groups is 4. The highest BCUT2D eigenvalue weighted by Gasteiger charge is 2.15. The van der Waals surface area contributed by atoms with Crippen LogP contribution < -0.4 is 10.6 Å². The highest BCUT2D eigenvalue weighted by Crippen LogP contribution is 2.13. The molecule has 0 saturated carbocycles. The summed E-state index contributed by atoms with van der Waals surface area (Å²) in [6.45, 7) is 3.46. The van der Waals surface area contributed by atoms with Crippen molar-refractivity contribution in [1.82, 2.24) is 0 Å². The molecule has 0 fully saturated rings. The summed E-state index contributed by atoms with van der Waals surface area (Å²) in [5.74, 6) is 8.63. The van der Waals surface area contributed by atoms with E-state index in [1.165, 1.54) is 0 Å². The van der Waals surface area contributed by atoms with Gasteiger partial charge >= 0.3 is 23.8 Å². The van der Waals surface area contributed by atoms with E-state index < -0.39 is 23.8 Å². The summed E-state index contributed by atoms with van der Waals surface area (Å²) in [5, 5.41) is 4.98. The largest absolute Gasteiger partial charge is 0.459 e. The van der Waals surface area contributed by atoms with Crippen LogP contribution in [-0.4, -0.2) is 37.0 Å². The third-order valence-corrected chi connectivity index (χ3v) is 4.77. The molecule has 0 heterocycles. The summed E-state index contributed by atoms with van der Waals surface area (Å²) >= 11 is 0. The van der Waals surface area contributed by atoms with E-state index in [9.17, 15) is 19.2 Å². The average molecular weight is 509 g/mol.